The van der Waals surface area contributed by atoms with Gasteiger partial charge in [0.25, 0.3) is 10.0 Å². The Morgan fingerprint density at radius 1 is 1.67 bits per heavy atom. The molecule has 1 aromatic rings. The lowest BCUT2D eigenvalue weighted by molar-refractivity contribution is 0.122. The predicted octanol–water partition coefficient (Wildman–Crippen LogP) is -0.267. The minimum absolute atomic E-state index is 0.144. The van der Waals surface area contributed by atoms with Crippen LogP contribution in [0.1, 0.15) is 6.92 Å². The maximum Gasteiger partial charge on any atom is 0.257 e. The molecule has 0 spiro atoms. The molecule has 6 nitrogen and oxygen atoms in total. The van der Waals surface area contributed by atoms with Crippen LogP contribution in [0.5, 0.6) is 0 Å². The first-order chi connectivity index (χ1) is 6.97. The Balaban J connectivity index is 2.73. The number of aromatic nitrogens is 2. The molecule has 0 saturated carbocycles. The molecule has 1 N–H and O–H groups in total. The first kappa shape index (κ1) is 12.2. The highest BCUT2D eigenvalue weighted by Gasteiger charge is 2.18. The van der Waals surface area contributed by atoms with Crippen molar-refractivity contribution in [2.75, 3.05) is 13.7 Å². The number of hydrogen-bond acceptors (Lipinski definition) is 4. The van der Waals surface area contributed by atoms with Crippen molar-refractivity contribution in [2.45, 2.75) is 18.1 Å². The second kappa shape index (κ2) is 4.73. The molecule has 0 aliphatic rings. The molecule has 0 bridgehead atoms. The molecule has 86 valence electrons. The van der Waals surface area contributed by atoms with Crippen LogP contribution in [0, 0.1) is 0 Å². The Hall–Kier alpha value is -0.920. The first-order valence-corrected chi connectivity index (χ1v) is 5.96. The standard InChI is InChI=1S/C8H15N3O3S/c1-7(14-3)6-10-15(12,13)8-4-5-9-11(8)2/h4-5,7,10H,6H2,1-3H3. The van der Waals surface area contributed by atoms with Gasteiger partial charge in [-0.2, -0.15) is 5.10 Å². The zero-order valence-corrected chi connectivity index (χ0v) is 9.78. The third kappa shape index (κ3) is 3.01. The van der Waals surface area contributed by atoms with Gasteiger partial charge in [-0.1, -0.05) is 0 Å². The zero-order valence-electron chi connectivity index (χ0n) is 8.97. The van der Waals surface area contributed by atoms with Crippen molar-refractivity contribution >= 4 is 10.0 Å². The van der Waals surface area contributed by atoms with Crippen LogP contribution < -0.4 is 4.72 Å². The van der Waals surface area contributed by atoms with E-state index in [-0.39, 0.29) is 17.7 Å². The van der Waals surface area contributed by atoms with Crippen LogP contribution in [-0.2, 0) is 21.8 Å². The number of nitrogens with zero attached hydrogens (tertiary/aromatic N) is 2. The normalized spacial score (nSPS) is 14.1. The molecule has 0 aromatic carbocycles. The van der Waals surface area contributed by atoms with E-state index < -0.39 is 10.0 Å². The second-order valence-corrected chi connectivity index (χ2v) is 4.91. The lowest BCUT2D eigenvalue weighted by Crippen LogP contribution is -2.32. The number of aryl methyl sites for hydroxylation is 1. The summed E-state index contributed by atoms with van der Waals surface area (Å²) in [5.74, 6) is 0. The maximum absolute atomic E-state index is 11.7. The number of hydrogen-bond donors (Lipinski definition) is 1. The minimum Gasteiger partial charge on any atom is -0.380 e. The van der Waals surface area contributed by atoms with Gasteiger partial charge >= 0.3 is 0 Å². The molecule has 0 fully saturated rings. The van der Waals surface area contributed by atoms with E-state index in [2.05, 4.69) is 9.82 Å². The van der Waals surface area contributed by atoms with Crippen molar-refractivity contribution in [1.29, 1.82) is 0 Å². The Morgan fingerprint density at radius 2 is 2.33 bits per heavy atom. The van der Waals surface area contributed by atoms with Gasteiger partial charge in [0, 0.05) is 20.7 Å². The zero-order chi connectivity index (χ0) is 11.5. The van der Waals surface area contributed by atoms with E-state index in [1.165, 1.54) is 24.1 Å². The lowest BCUT2D eigenvalue weighted by atomic mass is 10.4. The number of sulfonamides is 1. The molecule has 0 aliphatic carbocycles. The third-order valence-corrected chi connectivity index (χ3v) is 3.51. The Morgan fingerprint density at radius 3 is 2.80 bits per heavy atom. The monoisotopic (exact) mass is 233 g/mol. The van der Waals surface area contributed by atoms with Gasteiger partial charge in [0.15, 0.2) is 5.03 Å². The topological polar surface area (TPSA) is 73.2 Å². The van der Waals surface area contributed by atoms with Gasteiger partial charge in [0.2, 0.25) is 0 Å². The van der Waals surface area contributed by atoms with Gasteiger partial charge in [0.05, 0.1) is 12.3 Å². The van der Waals surface area contributed by atoms with E-state index in [0.717, 1.165) is 0 Å². The van der Waals surface area contributed by atoms with Crippen LogP contribution in [0.2, 0.25) is 0 Å². The van der Waals surface area contributed by atoms with Crippen molar-refractivity contribution in [3.05, 3.63) is 12.3 Å². The van der Waals surface area contributed by atoms with E-state index in [1.54, 1.807) is 14.0 Å². The Labute approximate surface area is 89.3 Å². The fraction of sp³-hybridized carbons (Fsp3) is 0.625. The summed E-state index contributed by atoms with van der Waals surface area (Å²) in [7, 11) is -0.374. The minimum atomic E-state index is -3.48. The summed E-state index contributed by atoms with van der Waals surface area (Å²) in [4.78, 5) is 0. The van der Waals surface area contributed by atoms with Crippen molar-refractivity contribution in [1.82, 2.24) is 14.5 Å². The Bertz CT molecular complexity index is 413. The quantitative estimate of drug-likeness (QED) is 0.760. The van der Waals surface area contributed by atoms with Crippen LogP contribution in [0.4, 0.5) is 0 Å². The predicted molar refractivity (Wildman–Crippen MR) is 54.9 cm³/mol. The van der Waals surface area contributed by atoms with Crippen molar-refractivity contribution < 1.29 is 13.2 Å². The highest BCUT2D eigenvalue weighted by Crippen LogP contribution is 2.05. The van der Waals surface area contributed by atoms with Crippen molar-refractivity contribution in [3.8, 4) is 0 Å². The molecule has 7 heteroatoms. The van der Waals surface area contributed by atoms with E-state index in [4.69, 9.17) is 4.74 Å². The Kier molecular flexibility index (Phi) is 3.83. The van der Waals surface area contributed by atoms with Gasteiger partial charge in [-0.05, 0) is 13.0 Å². The number of methoxy groups -OCH3 is 1. The summed E-state index contributed by atoms with van der Waals surface area (Å²) >= 11 is 0. The summed E-state index contributed by atoms with van der Waals surface area (Å²) < 4.78 is 32.1. The molecular weight excluding hydrogens is 218 g/mol. The third-order valence-electron chi connectivity index (χ3n) is 2.01. The fourth-order valence-electron chi connectivity index (χ4n) is 1.01. The van der Waals surface area contributed by atoms with E-state index in [9.17, 15) is 8.42 Å². The molecule has 1 rings (SSSR count). The molecular formula is C8H15N3O3S. The maximum atomic E-state index is 11.7. The highest BCUT2D eigenvalue weighted by molar-refractivity contribution is 7.89. The van der Waals surface area contributed by atoms with Crippen LogP contribution in [-0.4, -0.2) is 38.0 Å². The smallest absolute Gasteiger partial charge is 0.257 e. The average molecular weight is 233 g/mol. The summed E-state index contributed by atoms with van der Waals surface area (Å²) in [5, 5.41) is 3.94. The molecule has 1 unspecified atom stereocenters. The summed E-state index contributed by atoms with van der Waals surface area (Å²) in [6.45, 7) is 2.02. The van der Waals surface area contributed by atoms with Crippen LogP contribution in [0.15, 0.2) is 17.3 Å². The van der Waals surface area contributed by atoms with Crippen LogP contribution in [0.25, 0.3) is 0 Å². The molecule has 15 heavy (non-hydrogen) atoms. The van der Waals surface area contributed by atoms with Gasteiger partial charge in [-0.15, -0.1) is 0 Å². The van der Waals surface area contributed by atoms with Gasteiger partial charge < -0.3 is 4.74 Å². The van der Waals surface area contributed by atoms with Gasteiger partial charge in [-0.25, -0.2) is 13.1 Å². The van der Waals surface area contributed by atoms with Crippen molar-refractivity contribution in [3.63, 3.8) is 0 Å². The van der Waals surface area contributed by atoms with Gasteiger partial charge in [0.1, 0.15) is 0 Å². The number of ether oxygens (including phenoxy) is 1. The van der Waals surface area contributed by atoms with Crippen LogP contribution >= 0.6 is 0 Å². The highest BCUT2D eigenvalue weighted by atomic mass is 32.2. The van der Waals surface area contributed by atoms with E-state index >= 15 is 0 Å². The van der Waals surface area contributed by atoms with E-state index in [0.29, 0.717) is 0 Å². The SMILES string of the molecule is COC(C)CNS(=O)(=O)c1ccnn1C. The molecule has 0 radical (unpaired) electrons. The summed E-state index contributed by atoms with van der Waals surface area (Å²) in [5.41, 5.74) is 0. The van der Waals surface area contributed by atoms with Crippen LogP contribution in [0.3, 0.4) is 0 Å². The lowest BCUT2D eigenvalue weighted by Gasteiger charge is -2.11. The molecule has 0 aliphatic heterocycles. The molecule has 1 heterocycles. The molecule has 1 atom stereocenters. The first-order valence-electron chi connectivity index (χ1n) is 4.48. The average Bonchev–Trinajstić information content (AvgIpc) is 2.61. The molecule has 0 amide bonds. The van der Waals surface area contributed by atoms with Gasteiger partial charge in [-0.3, -0.25) is 4.68 Å². The fourth-order valence-corrected chi connectivity index (χ4v) is 2.25. The summed E-state index contributed by atoms with van der Waals surface area (Å²) in [6.07, 6.45) is 1.28. The van der Waals surface area contributed by atoms with Crippen molar-refractivity contribution in [2.24, 2.45) is 7.05 Å². The second-order valence-electron chi connectivity index (χ2n) is 3.19. The summed E-state index contributed by atoms with van der Waals surface area (Å²) in [6, 6.07) is 1.44. The molecule has 0 saturated heterocycles. The largest absolute Gasteiger partial charge is 0.380 e. The van der Waals surface area contributed by atoms with E-state index in [1.807, 2.05) is 0 Å². The number of nitrogens with one attached hydrogen (secondary N) is 1. The molecule has 1 aromatic heterocycles. The number of rotatable bonds is 5.